The predicted molar refractivity (Wildman–Crippen MR) is 117 cm³/mol. The Morgan fingerprint density at radius 3 is 2.30 bits per heavy atom. The summed E-state index contributed by atoms with van der Waals surface area (Å²) in [5.41, 5.74) is 6.10. The Bertz CT molecular complexity index is 1010. The van der Waals surface area contributed by atoms with Crippen LogP contribution in [-0.2, 0) is 6.61 Å². The quantitative estimate of drug-likeness (QED) is 0.448. The van der Waals surface area contributed by atoms with E-state index < -0.39 is 0 Å². The average Bonchev–Trinajstić information content (AvgIpc) is 2.79. The maximum Gasteiger partial charge on any atom is 0.271 e. The van der Waals surface area contributed by atoms with Crippen molar-refractivity contribution in [2.45, 2.75) is 13.5 Å². The highest BCUT2D eigenvalue weighted by Gasteiger charge is 2.09. The monoisotopic (exact) mass is 404 g/mol. The summed E-state index contributed by atoms with van der Waals surface area (Å²) in [4.78, 5) is 12.3. The number of amides is 1. The summed E-state index contributed by atoms with van der Waals surface area (Å²) in [5, 5.41) is 4.01. The van der Waals surface area contributed by atoms with E-state index in [1.165, 1.54) is 12.7 Å². The third-order valence-electron chi connectivity index (χ3n) is 4.43. The molecule has 0 unspecified atom stereocenters. The zero-order valence-corrected chi connectivity index (χ0v) is 17.2. The van der Waals surface area contributed by atoms with Crippen LogP contribution in [0.15, 0.2) is 71.8 Å². The lowest BCUT2D eigenvalue weighted by molar-refractivity contribution is 0.0954. The number of carbonyl (C=O) groups is 1. The van der Waals surface area contributed by atoms with Gasteiger partial charge in [0.25, 0.3) is 5.91 Å². The van der Waals surface area contributed by atoms with Crippen LogP contribution in [0.1, 0.15) is 27.0 Å². The van der Waals surface area contributed by atoms with E-state index in [0.717, 1.165) is 16.9 Å². The first-order valence-corrected chi connectivity index (χ1v) is 9.43. The summed E-state index contributed by atoms with van der Waals surface area (Å²) in [6.45, 7) is 2.57. The second-order valence-electron chi connectivity index (χ2n) is 6.61. The minimum absolute atomic E-state index is 0.342. The minimum atomic E-state index is -0.342. The molecule has 0 heterocycles. The molecule has 6 heteroatoms. The van der Waals surface area contributed by atoms with Crippen LogP contribution in [0.4, 0.5) is 0 Å². The van der Waals surface area contributed by atoms with Gasteiger partial charge in [0, 0.05) is 5.56 Å². The molecule has 0 radical (unpaired) electrons. The fraction of sp³-hybridized carbons (Fsp3) is 0.167. The second-order valence-corrected chi connectivity index (χ2v) is 6.61. The molecule has 0 aliphatic rings. The van der Waals surface area contributed by atoms with Crippen LogP contribution >= 0.6 is 0 Å². The summed E-state index contributed by atoms with van der Waals surface area (Å²) in [7, 11) is 3.06. The van der Waals surface area contributed by atoms with Crippen molar-refractivity contribution in [1.82, 2.24) is 5.43 Å². The van der Waals surface area contributed by atoms with Crippen molar-refractivity contribution in [3.8, 4) is 17.2 Å². The van der Waals surface area contributed by atoms with Gasteiger partial charge in [-0.3, -0.25) is 4.79 Å². The number of methoxy groups -OCH3 is 2. The molecule has 0 saturated carbocycles. The molecule has 3 aromatic rings. The van der Waals surface area contributed by atoms with Crippen LogP contribution in [0.2, 0.25) is 0 Å². The van der Waals surface area contributed by atoms with Gasteiger partial charge in [-0.1, -0.05) is 29.8 Å². The molecular weight excluding hydrogens is 380 g/mol. The topological polar surface area (TPSA) is 69.2 Å². The summed E-state index contributed by atoms with van der Waals surface area (Å²) < 4.78 is 16.2. The van der Waals surface area contributed by atoms with Gasteiger partial charge < -0.3 is 14.2 Å². The van der Waals surface area contributed by atoms with E-state index in [1.54, 1.807) is 31.5 Å². The lowest BCUT2D eigenvalue weighted by Gasteiger charge is -2.08. The standard InChI is InChI=1S/C24H24N2O4/c1-17-4-6-19(7-5-17)16-30-21-11-8-18(9-12-21)15-25-26-24(27)20-10-13-22(28-2)23(14-20)29-3/h4-15H,16H2,1-3H3,(H,26,27). The molecule has 0 fully saturated rings. The van der Waals surface area contributed by atoms with E-state index in [1.807, 2.05) is 24.3 Å². The molecular formula is C24H24N2O4. The number of carbonyl (C=O) groups excluding carboxylic acids is 1. The van der Waals surface area contributed by atoms with E-state index in [2.05, 4.69) is 41.7 Å². The van der Waals surface area contributed by atoms with Crippen LogP contribution in [0.3, 0.4) is 0 Å². The van der Waals surface area contributed by atoms with Crippen molar-refractivity contribution < 1.29 is 19.0 Å². The Kier molecular flexibility index (Phi) is 7.05. The smallest absolute Gasteiger partial charge is 0.271 e. The van der Waals surface area contributed by atoms with Crippen LogP contribution in [-0.4, -0.2) is 26.3 Å². The van der Waals surface area contributed by atoms with Gasteiger partial charge in [-0.25, -0.2) is 5.43 Å². The van der Waals surface area contributed by atoms with Crippen LogP contribution in [0.25, 0.3) is 0 Å². The average molecular weight is 404 g/mol. The molecule has 6 nitrogen and oxygen atoms in total. The Hall–Kier alpha value is -3.80. The van der Waals surface area contributed by atoms with Crippen molar-refractivity contribution >= 4 is 12.1 Å². The number of hydrazone groups is 1. The first-order chi connectivity index (χ1) is 14.6. The Morgan fingerprint density at radius 2 is 1.63 bits per heavy atom. The van der Waals surface area contributed by atoms with E-state index in [-0.39, 0.29) is 5.91 Å². The van der Waals surface area contributed by atoms with Crippen molar-refractivity contribution in [3.63, 3.8) is 0 Å². The van der Waals surface area contributed by atoms with Gasteiger partial charge in [0.1, 0.15) is 12.4 Å². The van der Waals surface area contributed by atoms with Crippen LogP contribution in [0, 0.1) is 6.92 Å². The molecule has 0 aliphatic carbocycles. The number of benzene rings is 3. The van der Waals surface area contributed by atoms with Crippen molar-refractivity contribution in [2.24, 2.45) is 5.10 Å². The van der Waals surface area contributed by atoms with E-state index in [0.29, 0.717) is 23.7 Å². The number of nitrogens with one attached hydrogen (secondary N) is 1. The van der Waals surface area contributed by atoms with Gasteiger partial charge in [0.15, 0.2) is 11.5 Å². The first kappa shape index (κ1) is 20.9. The third kappa shape index (κ3) is 5.61. The normalized spacial score (nSPS) is 10.6. The Morgan fingerprint density at radius 1 is 0.933 bits per heavy atom. The highest BCUT2D eigenvalue weighted by atomic mass is 16.5. The molecule has 1 amide bonds. The summed E-state index contributed by atoms with van der Waals surface area (Å²) in [5.74, 6) is 1.46. The largest absolute Gasteiger partial charge is 0.493 e. The SMILES string of the molecule is COc1ccc(C(=O)NN=Cc2ccc(OCc3ccc(C)cc3)cc2)cc1OC. The van der Waals surface area contributed by atoms with E-state index >= 15 is 0 Å². The lowest BCUT2D eigenvalue weighted by atomic mass is 10.2. The summed E-state index contributed by atoms with van der Waals surface area (Å²) in [6.07, 6.45) is 1.57. The van der Waals surface area contributed by atoms with E-state index in [4.69, 9.17) is 14.2 Å². The Balaban J connectivity index is 1.53. The molecule has 0 aromatic heterocycles. The van der Waals surface area contributed by atoms with Gasteiger partial charge in [0.05, 0.1) is 20.4 Å². The number of nitrogens with zero attached hydrogens (tertiary/aromatic N) is 1. The molecule has 0 spiro atoms. The van der Waals surface area contributed by atoms with Gasteiger partial charge in [-0.2, -0.15) is 5.10 Å². The number of aryl methyl sites for hydroxylation is 1. The molecule has 0 bridgehead atoms. The van der Waals surface area contributed by atoms with Gasteiger partial charge in [-0.15, -0.1) is 0 Å². The van der Waals surface area contributed by atoms with E-state index in [9.17, 15) is 4.79 Å². The predicted octanol–water partition coefficient (Wildman–Crippen LogP) is 4.36. The molecule has 0 aliphatic heterocycles. The zero-order chi connectivity index (χ0) is 21.3. The second kappa shape index (κ2) is 10.1. The van der Waals surface area contributed by atoms with Crippen LogP contribution < -0.4 is 19.6 Å². The summed E-state index contributed by atoms with van der Waals surface area (Å²) in [6, 6.07) is 20.6. The van der Waals surface area contributed by atoms with Gasteiger partial charge >= 0.3 is 0 Å². The van der Waals surface area contributed by atoms with Crippen molar-refractivity contribution in [1.29, 1.82) is 0 Å². The number of hydrogen-bond donors (Lipinski definition) is 1. The minimum Gasteiger partial charge on any atom is -0.493 e. The highest BCUT2D eigenvalue weighted by Crippen LogP contribution is 2.27. The number of ether oxygens (including phenoxy) is 3. The van der Waals surface area contributed by atoms with Gasteiger partial charge in [-0.05, 0) is 60.5 Å². The Labute approximate surface area is 176 Å². The molecule has 154 valence electrons. The maximum absolute atomic E-state index is 12.3. The molecule has 0 atom stereocenters. The highest BCUT2D eigenvalue weighted by molar-refractivity contribution is 5.95. The van der Waals surface area contributed by atoms with Crippen LogP contribution in [0.5, 0.6) is 17.2 Å². The van der Waals surface area contributed by atoms with Gasteiger partial charge in [0.2, 0.25) is 0 Å². The zero-order valence-electron chi connectivity index (χ0n) is 17.2. The molecule has 3 rings (SSSR count). The fourth-order valence-electron chi connectivity index (χ4n) is 2.71. The molecule has 30 heavy (non-hydrogen) atoms. The van der Waals surface area contributed by atoms with Crippen molar-refractivity contribution in [3.05, 3.63) is 89.0 Å². The number of rotatable bonds is 8. The third-order valence-corrected chi connectivity index (χ3v) is 4.43. The maximum atomic E-state index is 12.3. The molecule has 0 saturated heterocycles. The summed E-state index contributed by atoms with van der Waals surface area (Å²) >= 11 is 0. The number of hydrogen-bond acceptors (Lipinski definition) is 5. The lowest BCUT2D eigenvalue weighted by Crippen LogP contribution is -2.17. The molecule has 3 aromatic carbocycles. The molecule has 1 N–H and O–H groups in total. The fourth-order valence-corrected chi connectivity index (χ4v) is 2.71. The van der Waals surface area contributed by atoms with Crippen molar-refractivity contribution in [2.75, 3.05) is 14.2 Å². The first-order valence-electron chi connectivity index (χ1n) is 9.43.